The smallest absolute Gasteiger partial charge is 0.211 e. The Balaban J connectivity index is 1.33. The fourth-order valence-corrected chi connectivity index (χ4v) is 10.3. The molecule has 4 fully saturated rings. The quantitative estimate of drug-likeness (QED) is 0.335. The average Bonchev–Trinajstić information content (AvgIpc) is 3.70. The minimum atomic E-state index is -3.45. The lowest BCUT2D eigenvalue weighted by Gasteiger charge is -2.67. The zero-order chi connectivity index (χ0) is 29.3. The van der Waals surface area contributed by atoms with E-state index in [-0.39, 0.29) is 23.4 Å². The summed E-state index contributed by atoms with van der Waals surface area (Å²) >= 11 is 0. The fraction of sp³-hybridized carbons (Fsp3) is 0.647. The monoisotopic (exact) mass is 594 g/mol. The summed E-state index contributed by atoms with van der Waals surface area (Å²) in [7, 11) is 0.0821. The molecular formula is C34H46N2O5S. The van der Waals surface area contributed by atoms with Crippen LogP contribution in [0.4, 0.5) is 0 Å². The van der Waals surface area contributed by atoms with Crippen LogP contribution in [0.5, 0.6) is 11.5 Å². The van der Waals surface area contributed by atoms with Gasteiger partial charge < -0.3 is 14.2 Å². The SMILES string of the molecule is CCCN(CC1CC1)[C@@H]1Cc2ccc(OC)c3c2C2[C@@H](O3)[C@@]3(OC)CC[C@]21C[C@@H]3CN(Cc1ccccc1)S(C)(=O)=O. The molecule has 0 saturated heterocycles. The van der Waals surface area contributed by atoms with E-state index in [9.17, 15) is 8.42 Å². The fourth-order valence-electron chi connectivity index (χ4n) is 9.42. The Labute approximate surface area is 251 Å². The van der Waals surface area contributed by atoms with Crippen LogP contribution in [0.15, 0.2) is 42.5 Å². The van der Waals surface area contributed by atoms with Crippen LogP contribution < -0.4 is 9.47 Å². The van der Waals surface area contributed by atoms with Crippen LogP contribution in [-0.2, 0) is 27.7 Å². The summed E-state index contributed by atoms with van der Waals surface area (Å²) in [6.07, 6.45) is 8.90. The van der Waals surface area contributed by atoms with Crippen molar-refractivity contribution in [1.82, 2.24) is 9.21 Å². The molecule has 2 bridgehead atoms. The van der Waals surface area contributed by atoms with Crippen molar-refractivity contribution in [3.05, 3.63) is 59.2 Å². The number of nitrogens with zero attached hydrogens (tertiary/aromatic N) is 2. The van der Waals surface area contributed by atoms with Crippen molar-refractivity contribution in [2.45, 2.75) is 82.1 Å². The maximum Gasteiger partial charge on any atom is 0.211 e. The van der Waals surface area contributed by atoms with Crippen LogP contribution in [0.2, 0.25) is 0 Å². The molecule has 8 heteroatoms. The summed E-state index contributed by atoms with van der Waals surface area (Å²) in [6, 6.07) is 14.7. The highest BCUT2D eigenvalue weighted by Gasteiger charge is 2.73. The maximum atomic E-state index is 13.3. The van der Waals surface area contributed by atoms with Gasteiger partial charge in [-0.3, -0.25) is 4.90 Å². The Bertz CT molecular complexity index is 1430. The van der Waals surface area contributed by atoms with E-state index in [1.807, 2.05) is 37.4 Å². The summed E-state index contributed by atoms with van der Waals surface area (Å²) in [4.78, 5) is 2.82. The van der Waals surface area contributed by atoms with Gasteiger partial charge in [-0.2, -0.15) is 4.31 Å². The first-order valence-corrected chi connectivity index (χ1v) is 17.7. The molecule has 1 aliphatic heterocycles. The summed E-state index contributed by atoms with van der Waals surface area (Å²) in [5.74, 6) is 2.74. The van der Waals surface area contributed by atoms with E-state index >= 15 is 0 Å². The normalized spacial score (nSPS) is 32.7. The van der Waals surface area contributed by atoms with E-state index in [0.29, 0.717) is 19.1 Å². The molecule has 0 N–H and O–H groups in total. The first kappa shape index (κ1) is 28.6. The van der Waals surface area contributed by atoms with E-state index in [4.69, 9.17) is 14.2 Å². The number of ether oxygens (including phenoxy) is 3. The molecule has 6 atom stereocenters. The highest BCUT2D eigenvalue weighted by molar-refractivity contribution is 7.88. The number of sulfonamides is 1. The van der Waals surface area contributed by atoms with Crippen molar-refractivity contribution in [2.24, 2.45) is 17.3 Å². The predicted molar refractivity (Wildman–Crippen MR) is 163 cm³/mol. The Morgan fingerprint density at radius 2 is 1.83 bits per heavy atom. The van der Waals surface area contributed by atoms with E-state index in [2.05, 4.69) is 24.0 Å². The molecule has 5 aliphatic carbocycles. The second-order valence-corrected chi connectivity index (χ2v) is 15.7. The zero-order valence-electron chi connectivity index (χ0n) is 25.6. The molecule has 4 saturated carbocycles. The van der Waals surface area contributed by atoms with E-state index < -0.39 is 15.6 Å². The molecule has 8 rings (SSSR count). The third kappa shape index (κ3) is 4.42. The molecule has 0 amide bonds. The van der Waals surface area contributed by atoms with Crippen molar-refractivity contribution in [3.8, 4) is 11.5 Å². The number of fused-ring (bicyclic) bond motifs is 2. The van der Waals surface area contributed by atoms with Gasteiger partial charge in [0.05, 0.1) is 13.4 Å². The molecule has 42 heavy (non-hydrogen) atoms. The van der Waals surface area contributed by atoms with E-state index in [1.54, 1.807) is 11.4 Å². The van der Waals surface area contributed by atoms with Crippen LogP contribution in [0.1, 0.15) is 68.1 Å². The molecule has 6 aliphatic rings. The second kappa shape index (κ2) is 10.5. The molecule has 0 radical (unpaired) electrons. The van der Waals surface area contributed by atoms with Crippen molar-refractivity contribution >= 4 is 10.0 Å². The number of methoxy groups -OCH3 is 2. The van der Waals surface area contributed by atoms with Crippen LogP contribution >= 0.6 is 0 Å². The highest BCUT2D eigenvalue weighted by Crippen LogP contribution is 2.72. The van der Waals surface area contributed by atoms with Gasteiger partial charge in [-0.05, 0) is 80.0 Å². The van der Waals surface area contributed by atoms with Gasteiger partial charge in [-0.25, -0.2) is 8.42 Å². The number of rotatable bonds is 12. The van der Waals surface area contributed by atoms with Gasteiger partial charge in [0.25, 0.3) is 0 Å². The van der Waals surface area contributed by atoms with E-state index in [0.717, 1.165) is 61.6 Å². The third-order valence-electron chi connectivity index (χ3n) is 11.4. The van der Waals surface area contributed by atoms with Crippen molar-refractivity contribution in [2.75, 3.05) is 40.1 Å². The Morgan fingerprint density at radius 1 is 1.05 bits per heavy atom. The first-order valence-electron chi connectivity index (χ1n) is 15.9. The number of hydrogen-bond acceptors (Lipinski definition) is 6. The Kier molecular flexibility index (Phi) is 7.16. The van der Waals surface area contributed by atoms with Gasteiger partial charge in [0.15, 0.2) is 11.5 Å². The van der Waals surface area contributed by atoms with Crippen molar-refractivity contribution in [1.29, 1.82) is 0 Å². The van der Waals surface area contributed by atoms with Crippen molar-refractivity contribution < 1.29 is 22.6 Å². The standard InChI is InChI=1S/C34H46N2O5S/c1-5-17-35(20-24-11-12-24)28-18-25-13-14-27(39-2)31-29(25)30-32(41-31)34(40-3)16-15-33(28,30)19-26(34)22-36(42(4,37)38)21-23-9-7-6-8-10-23/h6-10,13-14,24,26,28,30,32H,5,11-12,15-22H2,1-4H3/t26-,28-,30?,32-,33-,34-/m1/s1. The lowest BCUT2D eigenvalue weighted by atomic mass is 9.43. The summed E-state index contributed by atoms with van der Waals surface area (Å²) in [6.45, 7) is 5.36. The molecule has 1 unspecified atom stereocenters. The molecule has 1 spiro atoms. The lowest BCUT2D eigenvalue weighted by molar-refractivity contribution is -0.235. The molecule has 2 aromatic rings. The van der Waals surface area contributed by atoms with Gasteiger partial charge in [0.2, 0.25) is 10.0 Å². The van der Waals surface area contributed by atoms with Crippen LogP contribution in [-0.4, -0.2) is 75.5 Å². The predicted octanol–water partition coefficient (Wildman–Crippen LogP) is 5.23. The minimum Gasteiger partial charge on any atom is -0.493 e. The molecule has 1 heterocycles. The highest BCUT2D eigenvalue weighted by atomic mass is 32.2. The lowest BCUT2D eigenvalue weighted by Crippen LogP contribution is -2.72. The number of benzene rings is 2. The van der Waals surface area contributed by atoms with Crippen LogP contribution in [0.3, 0.4) is 0 Å². The van der Waals surface area contributed by atoms with E-state index in [1.165, 1.54) is 36.8 Å². The van der Waals surface area contributed by atoms with Gasteiger partial charge in [0.1, 0.15) is 11.7 Å². The summed E-state index contributed by atoms with van der Waals surface area (Å²) in [5.41, 5.74) is 3.16. The van der Waals surface area contributed by atoms with Gasteiger partial charge >= 0.3 is 0 Å². The van der Waals surface area contributed by atoms with Crippen molar-refractivity contribution in [3.63, 3.8) is 0 Å². The first-order chi connectivity index (χ1) is 20.2. The topological polar surface area (TPSA) is 68.3 Å². The van der Waals surface area contributed by atoms with Crippen LogP contribution in [0, 0.1) is 17.3 Å². The van der Waals surface area contributed by atoms with Gasteiger partial charge in [-0.15, -0.1) is 0 Å². The molecule has 7 nitrogen and oxygen atoms in total. The third-order valence-corrected chi connectivity index (χ3v) is 12.6. The molecule has 228 valence electrons. The maximum absolute atomic E-state index is 13.3. The van der Waals surface area contributed by atoms with Gasteiger partial charge in [-0.1, -0.05) is 43.3 Å². The summed E-state index contributed by atoms with van der Waals surface area (Å²) in [5, 5.41) is 0. The minimum absolute atomic E-state index is 0.000207. The Hall–Kier alpha value is -2.13. The average molecular weight is 595 g/mol. The largest absolute Gasteiger partial charge is 0.493 e. The van der Waals surface area contributed by atoms with Gasteiger partial charge in [0, 0.05) is 50.2 Å². The number of hydrogen-bond donors (Lipinski definition) is 0. The van der Waals surface area contributed by atoms with Crippen LogP contribution in [0.25, 0.3) is 0 Å². The Morgan fingerprint density at radius 3 is 2.50 bits per heavy atom. The zero-order valence-corrected chi connectivity index (χ0v) is 26.4. The molecular weight excluding hydrogens is 548 g/mol. The second-order valence-electron chi connectivity index (χ2n) is 13.7. The molecule has 2 aromatic carbocycles. The summed E-state index contributed by atoms with van der Waals surface area (Å²) < 4.78 is 47.7. The molecule has 0 aromatic heterocycles.